The maximum absolute atomic E-state index is 12.3. The van der Waals surface area contributed by atoms with Crippen LogP contribution < -0.4 is 14.4 Å². The standard InChI is InChI=1S/C22H24N2O6S2/c1-28-19-9-8-16(10-20(19)29-2)24-18-14-32(26,27)13-17(18)23-22(24)31-12-21(25)30-11-15-6-4-3-5-7-15/h3-10,17-18H,11-14H2,1-2H3/t17-,18-/m0/s1. The van der Waals surface area contributed by atoms with Crippen LogP contribution in [0.5, 0.6) is 11.5 Å². The summed E-state index contributed by atoms with van der Waals surface area (Å²) in [6, 6.07) is 14.2. The van der Waals surface area contributed by atoms with Crippen LogP contribution in [0.2, 0.25) is 0 Å². The summed E-state index contributed by atoms with van der Waals surface area (Å²) in [5.41, 5.74) is 1.65. The first-order chi connectivity index (χ1) is 15.4. The van der Waals surface area contributed by atoms with Crippen LogP contribution >= 0.6 is 11.8 Å². The van der Waals surface area contributed by atoms with E-state index in [0.717, 1.165) is 11.3 Å². The number of amidine groups is 1. The van der Waals surface area contributed by atoms with E-state index >= 15 is 0 Å². The number of methoxy groups -OCH3 is 2. The molecule has 1 saturated heterocycles. The average molecular weight is 477 g/mol. The third-order valence-corrected chi connectivity index (χ3v) is 7.95. The normalized spacial score (nSPS) is 21.1. The predicted octanol–water partition coefficient (Wildman–Crippen LogP) is 2.52. The van der Waals surface area contributed by atoms with Crippen molar-refractivity contribution < 1.29 is 27.4 Å². The SMILES string of the molecule is COc1ccc(N2C(SCC(=O)OCc3ccccc3)=N[C@H]3CS(=O)(=O)C[C@@H]32)cc1OC. The van der Waals surface area contributed by atoms with Crippen molar-refractivity contribution in [1.82, 2.24) is 0 Å². The molecule has 0 aromatic heterocycles. The lowest BCUT2D eigenvalue weighted by Crippen LogP contribution is -2.39. The van der Waals surface area contributed by atoms with Gasteiger partial charge < -0.3 is 19.1 Å². The maximum Gasteiger partial charge on any atom is 0.316 e. The Bertz CT molecular complexity index is 1120. The molecule has 8 nitrogen and oxygen atoms in total. The molecule has 2 atom stereocenters. The molecule has 0 spiro atoms. The Morgan fingerprint density at radius 3 is 2.56 bits per heavy atom. The quantitative estimate of drug-likeness (QED) is 0.563. The van der Waals surface area contributed by atoms with Gasteiger partial charge in [0.25, 0.3) is 0 Å². The number of rotatable bonds is 7. The first kappa shape index (κ1) is 22.5. The molecule has 0 radical (unpaired) electrons. The number of benzene rings is 2. The zero-order valence-corrected chi connectivity index (χ0v) is 19.4. The third-order valence-electron chi connectivity index (χ3n) is 5.31. The minimum atomic E-state index is -3.17. The Labute approximate surface area is 191 Å². The molecule has 1 fully saturated rings. The number of thioether (sulfide) groups is 1. The molecule has 170 valence electrons. The number of anilines is 1. The molecule has 0 unspecified atom stereocenters. The number of carbonyl (C=O) groups is 1. The van der Waals surface area contributed by atoms with Crippen molar-refractivity contribution in [3.8, 4) is 11.5 Å². The van der Waals surface area contributed by atoms with Crippen LogP contribution in [0.4, 0.5) is 5.69 Å². The van der Waals surface area contributed by atoms with Gasteiger partial charge in [0, 0.05) is 11.8 Å². The van der Waals surface area contributed by atoms with Crippen LogP contribution in [-0.2, 0) is 26.0 Å². The summed E-state index contributed by atoms with van der Waals surface area (Å²) in [6.45, 7) is 0.204. The molecule has 0 N–H and O–H groups in total. The second-order valence-corrected chi connectivity index (χ2v) is 10.6. The molecule has 0 bridgehead atoms. The fourth-order valence-corrected chi connectivity index (χ4v) is 6.58. The Kier molecular flexibility index (Phi) is 6.61. The van der Waals surface area contributed by atoms with Crippen molar-refractivity contribution in [2.45, 2.75) is 18.7 Å². The Morgan fingerprint density at radius 2 is 1.84 bits per heavy atom. The molecule has 0 amide bonds. The van der Waals surface area contributed by atoms with Crippen LogP contribution in [-0.4, -0.2) is 63.1 Å². The molecule has 2 aliphatic rings. The number of sulfone groups is 1. The maximum atomic E-state index is 12.3. The van der Waals surface area contributed by atoms with Gasteiger partial charge in [0.05, 0.1) is 43.6 Å². The molecule has 0 saturated carbocycles. The van der Waals surface area contributed by atoms with E-state index in [1.54, 1.807) is 26.4 Å². The number of ether oxygens (including phenoxy) is 3. The molecule has 10 heteroatoms. The van der Waals surface area contributed by atoms with E-state index in [-0.39, 0.29) is 41.9 Å². The fraction of sp³-hybridized carbons (Fsp3) is 0.364. The van der Waals surface area contributed by atoms with Crippen LogP contribution in [0, 0.1) is 0 Å². The number of hydrogen-bond acceptors (Lipinski definition) is 9. The van der Waals surface area contributed by atoms with E-state index in [2.05, 4.69) is 4.99 Å². The highest BCUT2D eigenvalue weighted by atomic mass is 32.2. The number of nitrogens with zero attached hydrogens (tertiary/aromatic N) is 2. The summed E-state index contributed by atoms with van der Waals surface area (Å²) in [4.78, 5) is 18.8. The van der Waals surface area contributed by atoms with Gasteiger partial charge >= 0.3 is 5.97 Å². The van der Waals surface area contributed by atoms with Crippen molar-refractivity contribution in [3.05, 3.63) is 54.1 Å². The number of hydrogen-bond donors (Lipinski definition) is 0. The van der Waals surface area contributed by atoms with Crippen molar-refractivity contribution in [2.24, 2.45) is 4.99 Å². The molecule has 2 aromatic carbocycles. The number of carbonyl (C=O) groups excluding carboxylic acids is 1. The average Bonchev–Trinajstić information content (AvgIpc) is 3.27. The van der Waals surface area contributed by atoms with E-state index in [4.69, 9.17) is 14.2 Å². The minimum absolute atomic E-state index is 0.00394. The third kappa shape index (κ3) is 4.86. The molecular weight excluding hydrogens is 452 g/mol. The minimum Gasteiger partial charge on any atom is -0.493 e. The lowest BCUT2D eigenvalue weighted by Gasteiger charge is -2.27. The molecule has 32 heavy (non-hydrogen) atoms. The highest BCUT2D eigenvalue weighted by molar-refractivity contribution is 8.14. The van der Waals surface area contributed by atoms with Gasteiger partial charge in [-0.2, -0.15) is 0 Å². The summed E-state index contributed by atoms with van der Waals surface area (Å²) in [7, 11) is -0.0795. The number of aliphatic imine (C=N–C) groups is 1. The molecular formula is C22H24N2O6S2. The van der Waals surface area contributed by atoms with Crippen LogP contribution in [0.3, 0.4) is 0 Å². The summed E-state index contributed by atoms with van der Waals surface area (Å²) in [5.74, 6) is 0.824. The largest absolute Gasteiger partial charge is 0.493 e. The second-order valence-electron chi connectivity index (χ2n) is 7.47. The van der Waals surface area contributed by atoms with Gasteiger partial charge in [-0.1, -0.05) is 42.1 Å². The Balaban J connectivity index is 1.50. The van der Waals surface area contributed by atoms with Crippen molar-refractivity contribution >= 4 is 38.4 Å². The van der Waals surface area contributed by atoms with Crippen molar-refractivity contribution in [1.29, 1.82) is 0 Å². The molecule has 4 rings (SSSR count). The van der Waals surface area contributed by atoms with Gasteiger partial charge in [0.2, 0.25) is 0 Å². The van der Waals surface area contributed by atoms with Crippen molar-refractivity contribution in [2.75, 3.05) is 36.4 Å². The van der Waals surface area contributed by atoms with Gasteiger partial charge in [-0.05, 0) is 17.7 Å². The zero-order chi connectivity index (χ0) is 22.7. The van der Waals surface area contributed by atoms with Gasteiger partial charge in [-0.3, -0.25) is 9.79 Å². The topological polar surface area (TPSA) is 94.5 Å². The van der Waals surface area contributed by atoms with Gasteiger partial charge in [0.1, 0.15) is 6.61 Å². The summed E-state index contributed by atoms with van der Waals surface area (Å²) in [5, 5.41) is 0.596. The fourth-order valence-electron chi connectivity index (χ4n) is 3.81. The summed E-state index contributed by atoms with van der Waals surface area (Å²) >= 11 is 1.25. The lowest BCUT2D eigenvalue weighted by molar-refractivity contribution is -0.141. The smallest absolute Gasteiger partial charge is 0.316 e. The first-order valence-electron chi connectivity index (χ1n) is 10.0. The van der Waals surface area contributed by atoms with Gasteiger partial charge in [0.15, 0.2) is 26.5 Å². The van der Waals surface area contributed by atoms with E-state index < -0.39 is 9.84 Å². The molecule has 2 heterocycles. The molecule has 0 aliphatic carbocycles. The number of esters is 1. The van der Waals surface area contributed by atoms with Crippen LogP contribution in [0.15, 0.2) is 53.5 Å². The summed E-state index contributed by atoms with van der Waals surface area (Å²) < 4.78 is 40.5. The highest BCUT2D eigenvalue weighted by Gasteiger charge is 2.47. The first-order valence-corrected chi connectivity index (χ1v) is 12.8. The monoisotopic (exact) mass is 476 g/mol. The van der Waals surface area contributed by atoms with Crippen LogP contribution in [0.1, 0.15) is 5.56 Å². The summed E-state index contributed by atoms with van der Waals surface area (Å²) in [6.07, 6.45) is 0. The van der Waals surface area contributed by atoms with E-state index in [0.29, 0.717) is 16.7 Å². The molecule has 2 aromatic rings. The van der Waals surface area contributed by atoms with Crippen molar-refractivity contribution in [3.63, 3.8) is 0 Å². The van der Waals surface area contributed by atoms with E-state index in [1.807, 2.05) is 41.3 Å². The Morgan fingerprint density at radius 1 is 1.09 bits per heavy atom. The van der Waals surface area contributed by atoms with Crippen LogP contribution in [0.25, 0.3) is 0 Å². The number of fused-ring (bicyclic) bond motifs is 1. The second kappa shape index (κ2) is 9.41. The Hall–Kier alpha value is -2.72. The zero-order valence-electron chi connectivity index (χ0n) is 17.8. The highest BCUT2D eigenvalue weighted by Crippen LogP contribution is 2.38. The lowest BCUT2D eigenvalue weighted by atomic mass is 10.1. The predicted molar refractivity (Wildman–Crippen MR) is 124 cm³/mol. The van der Waals surface area contributed by atoms with Gasteiger partial charge in [-0.25, -0.2) is 8.42 Å². The van der Waals surface area contributed by atoms with Gasteiger partial charge in [-0.15, -0.1) is 0 Å². The molecule has 2 aliphatic heterocycles. The van der Waals surface area contributed by atoms with E-state index in [1.165, 1.54) is 11.8 Å². The van der Waals surface area contributed by atoms with E-state index in [9.17, 15) is 13.2 Å².